The number of rotatable bonds is 6. The van der Waals surface area contributed by atoms with Gasteiger partial charge in [0, 0.05) is 0 Å². The van der Waals surface area contributed by atoms with Gasteiger partial charge in [0.05, 0.1) is 6.61 Å². The van der Waals surface area contributed by atoms with E-state index >= 15 is 0 Å². The standard InChI is InChI=1S/C7H17O3P/c1-3-4-5-7(2)6-10-11(8)9/h7,11H,3-6H2,1-2H3,(H,8,9). The highest BCUT2D eigenvalue weighted by atomic mass is 31.1. The van der Waals surface area contributed by atoms with Gasteiger partial charge >= 0.3 is 8.25 Å². The normalized spacial score (nSPS) is 16.3. The zero-order valence-electron chi connectivity index (χ0n) is 7.17. The lowest BCUT2D eigenvalue weighted by atomic mass is 10.1. The highest BCUT2D eigenvalue weighted by molar-refractivity contribution is 7.32. The molecule has 0 spiro atoms. The van der Waals surface area contributed by atoms with Gasteiger partial charge in [0.1, 0.15) is 0 Å². The first-order valence-corrected chi connectivity index (χ1v) is 5.29. The summed E-state index contributed by atoms with van der Waals surface area (Å²) in [5, 5.41) is 0. The molecule has 0 amide bonds. The van der Waals surface area contributed by atoms with E-state index in [1.165, 1.54) is 6.42 Å². The molecule has 0 aliphatic heterocycles. The molecule has 0 aliphatic carbocycles. The molecule has 0 fully saturated rings. The molecular weight excluding hydrogens is 163 g/mol. The van der Waals surface area contributed by atoms with Gasteiger partial charge in [-0.2, -0.15) is 0 Å². The molecule has 1 N–H and O–H groups in total. The second-order valence-corrected chi connectivity index (χ2v) is 3.64. The first-order valence-electron chi connectivity index (χ1n) is 4.02. The van der Waals surface area contributed by atoms with E-state index in [1.807, 2.05) is 6.92 Å². The monoisotopic (exact) mass is 180 g/mol. The summed E-state index contributed by atoms with van der Waals surface area (Å²) < 4.78 is 14.7. The zero-order valence-corrected chi connectivity index (χ0v) is 8.17. The molecule has 11 heavy (non-hydrogen) atoms. The van der Waals surface area contributed by atoms with Crippen LogP contribution in [-0.4, -0.2) is 11.5 Å². The van der Waals surface area contributed by atoms with Crippen LogP contribution in [-0.2, 0) is 9.09 Å². The van der Waals surface area contributed by atoms with Crippen LogP contribution in [0, 0.1) is 5.92 Å². The van der Waals surface area contributed by atoms with Crippen LogP contribution < -0.4 is 0 Å². The van der Waals surface area contributed by atoms with Crippen molar-refractivity contribution in [2.45, 2.75) is 33.1 Å². The average Bonchev–Trinajstić information content (AvgIpc) is 1.97. The molecule has 0 aromatic carbocycles. The van der Waals surface area contributed by atoms with E-state index in [9.17, 15) is 4.57 Å². The largest absolute Gasteiger partial charge is 0.326 e. The molecule has 0 saturated heterocycles. The summed E-state index contributed by atoms with van der Waals surface area (Å²) in [6.45, 7) is 4.57. The van der Waals surface area contributed by atoms with Gasteiger partial charge in [-0.15, -0.1) is 0 Å². The van der Waals surface area contributed by atoms with Crippen molar-refractivity contribution in [1.82, 2.24) is 0 Å². The minimum atomic E-state index is -2.70. The lowest BCUT2D eigenvalue weighted by Crippen LogP contribution is -2.01. The minimum Gasteiger partial charge on any atom is -0.326 e. The maximum Gasteiger partial charge on any atom is 0.316 e. The molecule has 2 atom stereocenters. The van der Waals surface area contributed by atoms with Gasteiger partial charge in [0.25, 0.3) is 0 Å². The van der Waals surface area contributed by atoms with Crippen LogP contribution in [0.3, 0.4) is 0 Å². The van der Waals surface area contributed by atoms with E-state index in [0.717, 1.165) is 12.8 Å². The predicted octanol–water partition coefficient (Wildman–Crippen LogP) is 2.21. The van der Waals surface area contributed by atoms with E-state index in [0.29, 0.717) is 12.5 Å². The molecule has 0 aromatic rings. The quantitative estimate of drug-likeness (QED) is 0.637. The molecule has 68 valence electrons. The lowest BCUT2D eigenvalue weighted by molar-refractivity contribution is 0.231. The summed E-state index contributed by atoms with van der Waals surface area (Å²) in [5.41, 5.74) is 0. The molecule has 0 rings (SSSR count). The van der Waals surface area contributed by atoms with E-state index in [-0.39, 0.29) is 0 Å². The average molecular weight is 180 g/mol. The third kappa shape index (κ3) is 8.05. The van der Waals surface area contributed by atoms with E-state index in [2.05, 4.69) is 11.4 Å². The maximum absolute atomic E-state index is 10.1. The molecule has 0 saturated carbocycles. The lowest BCUT2D eigenvalue weighted by Gasteiger charge is -2.08. The van der Waals surface area contributed by atoms with Gasteiger partial charge < -0.3 is 9.42 Å². The van der Waals surface area contributed by atoms with Crippen molar-refractivity contribution < 1.29 is 14.0 Å². The molecule has 0 aromatic heterocycles. The van der Waals surface area contributed by atoms with Gasteiger partial charge in [-0.25, -0.2) is 0 Å². The second kappa shape index (κ2) is 6.84. The molecular formula is C7H17O3P. The first kappa shape index (κ1) is 11.2. The Hall–Kier alpha value is 0.150. The van der Waals surface area contributed by atoms with Crippen LogP contribution in [0.5, 0.6) is 0 Å². The van der Waals surface area contributed by atoms with Gasteiger partial charge in [-0.05, 0) is 12.3 Å². The summed E-state index contributed by atoms with van der Waals surface area (Å²) in [5.74, 6) is 0.399. The van der Waals surface area contributed by atoms with Crippen LogP contribution in [0.25, 0.3) is 0 Å². The van der Waals surface area contributed by atoms with Crippen LogP contribution in [0.15, 0.2) is 0 Å². The second-order valence-electron chi connectivity index (χ2n) is 2.82. The molecule has 2 unspecified atom stereocenters. The Morgan fingerprint density at radius 3 is 2.73 bits per heavy atom. The van der Waals surface area contributed by atoms with Crippen molar-refractivity contribution in [3.63, 3.8) is 0 Å². The van der Waals surface area contributed by atoms with E-state index in [4.69, 9.17) is 4.89 Å². The van der Waals surface area contributed by atoms with Crippen LogP contribution in [0.2, 0.25) is 0 Å². The topological polar surface area (TPSA) is 46.5 Å². The minimum absolute atomic E-state index is 0.399. The molecule has 4 heteroatoms. The van der Waals surface area contributed by atoms with Crippen LogP contribution in [0.1, 0.15) is 33.1 Å². The fraction of sp³-hybridized carbons (Fsp3) is 1.00. The maximum atomic E-state index is 10.1. The predicted molar refractivity (Wildman–Crippen MR) is 45.9 cm³/mol. The van der Waals surface area contributed by atoms with Crippen molar-refractivity contribution in [3.8, 4) is 0 Å². The summed E-state index contributed by atoms with van der Waals surface area (Å²) in [6.07, 6.45) is 3.40. The van der Waals surface area contributed by atoms with Gasteiger partial charge in [-0.1, -0.05) is 26.7 Å². The van der Waals surface area contributed by atoms with Crippen molar-refractivity contribution in [1.29, 1.82) is 0 Å². The summed E-state index contributed by atoms with van der Waals surface area (Å²) in [6, 6.07) is 0. The van der Waals surface area contributed by atoms with Crippen molar-refractivity contribution in [3.05, 3.63) is 0 Å². The Labute approximate surface area is 68.7 Å². The third-order valence-corrected chi connectivity index (χ3v) is 1.96. The molecule has 0 bridgehead atoms. The first-order chi connectivity index (χ1) is 5.16. The fourth-order valence-electron chi connectivity index (χ4n) is 0.849. The Kier molecular flexibility index (Phi) is 6.93. The SMILES string of the molecule is CCCCC(C)CO[PH](=O)O. The smallest absolute Gasteiger partial charge is 0.316 e. The highest BCUT2D eigenvalue weighted by Gasteiger charge is 2.02. The third-order valence-electron chi connectivity index (χ3n) is 1.54. The van der Waals surface area contributed by atoms with Crippen molar-refractivity contribution in [2.75, 3.05) is 6.61 Å². The van der Waals surface area contributed by atoms with E-state index < -0.39 is 8.25 Å². The van der Waals surface area contributed by atoms with Crippen molar-refractivity contribution >= 4 is 8.25 Å². The number of hydrogen-bond donors (Lipinski definition) is 1. The van der Waals surface area contributed by atoms with Gasteiger partial charge in [-0.3, -0.25) is 4.57 Å². The summed E-state index contributed by atoms with van der Waals surface area (Å²) >= 11 is 0. The van der Waals surface area contributed by atoms with E-state index in [1.54, 1.807) is 0 Å². The number of unbranched alkanes of at least 4 members (excludes halogenated alkanes) is 1. The van der Waals surface area contributed by atoms with Crippen LogP contribution in [0.4, 0.5) is 0 Å². The Balaban J connectivity index is 3.22. The van der Waals surface area contributed by atoms with Gasteiger partial charge in [0.2, 0.25) is 0 Å². The zero-order chi connectivity index (χ0) is 8.69. The summed E-state index contributed by atoms with van der Waals surface area (Å²) in [4.78, 5) is 8.35. The van der Waals surface area contributed by atoms with Crippen LogP contribution >= 0.6 is 8.25 Å². The Morgan fingerprint density at radius 1 is 1.64 bits per heavy atom. The highest BCUT2D eigenvalue weighted by Crippen LogP contribution is 2.18. The summed E-state index contributed by atoms with van der Waals surface area (Å²) in [7, 11) is -2.70. The van der Waals surface area contributed by atoms with Gasteiger partial charge in [0.15, 0.2) is 0 Å². The fourth-order valence-corrected chi connectivity index (χ4v) is 1.28. The number of hydrogen-bond acceptors (Lipinski definition) is 2. The Bertz CT molecular complexity index is 116. The molecule has 0 aliphatic rings. The Morgan fingerprint density at radius 2 is 2.27 bits per heavy atom. The molecule has 0 radical (unpaired) electrons. The molecule has 0 heterocycles. The van der Waals surface area contributed by atoms with Crippen molar-refractivity contribution in [2.24, 2.45) is 5.92 Å². The molecule has 3 nitrogen and oxygen atoms in total.